The van der Waals surface area contributed by atoms with Gasteiger partial charge in [0.15, 0.2) is 0 Å². The highest BCUT2D eigenvalue weighted by Crippen LogP contribution is 2.46. The molecule has 2 N–H and O–H groups in total. The Morgan fingerprint density at radius 2 is 1.91 bits per heavy atom. The van der Waals surface area contributed by atoms with E-state index in [0.717, 1.165) is 12.8 Å². The Morgan fingerprint density at radius 3 is 2.36 bits per heavy atom. The number of carbonyl (C=O) groups excluding carboxylic acids is 2. The Balaban J connectivity index is 2.12. The average Bonchev–Trinajstić information content (AvgIpc) is 2.81. The van der Waals surface area contributed by atoms with E-state index in [1.54, 1.807) is 20.8 Å². The molecule has 1 saturated heterocycles. The SMILES string of the molecule is CC(C)(C)OC(=O)NC1C(=O)N(OS(=O)(=O)O)C12CCCC2. The molecule has 0 aromatic rings. The van der Waals surface area contributed by atoms with Gasteiger partial charge in [0.05, 0.1) is 0 Å². The Bertz CT molecular complexity index is 575. The number of amides is 2. The van der Waals surface area contributed by atoms with Gasteiger partial charge in [-0.25, -0.2) is 4.79 Å². The molecule has 10 heteroatoms. The number of hydrogen-bond acceptors (Lipinski definition) is 6. The third kappa shape index (κ3) is 3.33. The Hall–Kier alpha value is -1.39. The van der Waals surface area contributed by atoms with E-state index in [-0.39, 0.29) is 0 Å². The minimum absolute atomic E-state index is 0.467. The normalized spacial score (nSPS) is 24.3. The van der Waals surface area contributed by atoms with Crippen LogP contribution in [0.3, 0.4) is 0 Å². The molecular weight excluding hydrogens is 316 g/mol. The zero-order valence-corrected chi connectivity index (χ0v) is 13.5. The van der Waals surface area contributed by atoms with Crippen LogP contribution in [0.2, 0.25) is 0 Å². The van der Waals surface area contributed by atoms with Crippen LogP contribution < -0.4 is 5.32 Å². The maximum atomic E-state index is 12.1. The zero-order chi connectivity index (χ0) is 16.8. The van der Waals surface area contributed by atoms with Gasteiger partial charge in [-0.1, -0.05) is 12.8 Å². The first kappa shape index (κ1) is 17.0. The molecule has 1 saturated carbocycles. The molecule has 22 heavy (non-hydrogen) atoms. The number of ether oxygens (including phenoxy) is 1. The van der Waals surface area contributed by atoms with Crippen LogP contribution in [0.15, 0.2) is 0 Å². The molecule has 0 aromatic heterocycles. The lowest BCUT2D eigenvalue weighted by atomic mass is 9.79. The van der Waals surface area contributed by atoms with Crippen LogP contribution in [0, 0.1) is 0 Å². The van der Waals surface area contributed by atoms with E-state index < -0.39 is 39.6 Å². The van der Waals surface area contributed by atoms with E-state index in [1.807, 2.05) is 0 Å². The molecule has 0 radical (unpaired) electrons. The van der Waals surface area contributed by atoms with E-state index in [0.29, 0.717) is 17.9 Å². The molecule has 1 spiro atoms. The quantitative estimate of drug-likeness (QED) is 0.576. The number of nitrogens with zero attached hydrogens (tertiary/aromatic N) is 1. The number of nitrogens with one attached hydrogen (secondary N) is 1. The first-order valence-corrected chi connectivity index (χ1v) is 8.32. The Morgan fingerprint density at radius 1 is 1.36 bits per heavy atom. The van der Waals surface area contributed by atoms with Crippen molar-refractivity contribution in [2.24, 2.45) is 0 Å². The summed E-state index contributed by atoms with van der Waals surface area (Å²) < 4.78 is 40.0. The smallest absolute Gasteiger partial charge is 0.418 e. The minimum Gasteiger partial charge on any atom is -0.444 e. The lowest BCUT2D eigenvalue weighted by Gasteiger charge is -2.52. The highest BCUT2D eigenvalue weighted by atomic mass is 32.3. The molecule has 1 unspecified atom stereocenters. The van der Waals surface area contributed by atoms with Crippen LogP contribution in [0.5, 0.6) is 0 Å². The van der Waals surface area contributed by atoms with Crippen LogP contribution in [-0.4, -0.2) is 47.2 Å². The van der Waals surface area contributed by atoms with E-state index in [2.05, 4.69) is 9.60 Å². The number of carbonyl (C=O) groups is 2. The largest absolute Gasteiger partial charge is 0.444 e. The summed E-state index contributed by atoms with van der Waals surface area (Å²) in [6.45, 7) is 5.07. The molecule has 0 bridgehead atoms. The second-order valence-electron chi connectivity index (χ2n) is 6.52. The van der Waals surface area contributed by atoms with Gasteiger partial charge in [0, 0.05) is 0 Å². The van der Waals surface area contributed by atoms with Crippen molar-refractivity contribution >= 4 is 22.4 Å². The molecule has 1 aliphatic carbocycles. The summed E-state index contributed by atoms with van der Waals surface area (Å²) in [6.07, 6.45) is 1.68. The maximum Gasteiger partial charge on any atom is 0.418 e. The fourth-order valence-electron chi connectivity index (χ4n) is 2.92. The monoisotopic (exact) mass is 336 g/mol. The molecular formula is C12H20N2O7S. The van der Waals surface area contributed by atoms with Crippen molar-refractivity contribution < 1.29 is 31.6 Å². The molecule has 126 valence electrons. The molecule has 2 amide bonds. The third-order valence-corrected chi connectivity index (χ3v) is 4.03. The molecule has 1 atom stereocenters. The van der Waals surface area contributed by atoms with Gasteiger partial charge >= 0.3 is 16.5 Å². The van der Waals surface area contributed by atoms with Gasteiger partial charge in [-0.15, -0.1) is 4.28 Å². The topological polar surface area (TPSA) is 122 Å². The van der Waals surface area contributed by atoms with Crippen molar-refractivity contribution in [3.63, 3.8) is 0 Å². The molecule has 0 aromatic carbocycles. The summed E-state index contributed by atoms with van der Waals surface area (Å²) in [5.41, 5.74) is -1.67. The van der Waals surface area contributed by atoms with E-state index >= 15 is 0 Å². The Kier molecular flexibility index (Phi) is 4.13. The van der Waals surface area contributed by atoms with Crippen LogP contribution >= 0.6 is 0 Å². The number of hydrogen-bond donors (Lipinski definition) is 2. The molecule has 9 nitrogen and oxygen atoms in total. The van der Waals surface area contributed by atoms with Crippen LogP contribution in [0.1, 0.15) is 46.5 Å². The molecule has 1 aliphatic heterocycles. The second kappa shape index (κ2) is 5.36. The number of β-lactam (4-membered cyclic amide) rings is 1. The van der Waals surface area contributed by atoms with Crippen molar-refractivity contribution in [3.8, 4) is 0 Å². The fraction of sp³-hybridized carbons (Fsp3) is 0.833. The highest BCUT2D eigenvalue weighted by molar-refractivity contribution is 7.80. The zero-order valence-electron chi connectivity index (χ0n) is 12.7. The first-order valence-electron chi connectivity index (χ1n) is 6.95. The van der Waals surface area contributed by atoms with Gasteiger partial charge in [-0.05, 0) is 33.6 Å². The van der Waals surface area contributed by atoms with Crippen molar-refractivity contribution in [2.45, 2.75) is 63.6 Å². The summed E-state index contributed by atoms with van der Waals surface area (Å²) in [5.74, 6) is -0.731. The van der Waals surface area contributed by atoms with Crippen molar-refractivity contribution in [3.05, 3.63) is 0 Å². The van der Waals surface area contributed by atoms with E-state index in [1.165, 1.54) is 0 Å². The lowest BCUT2D eigenvalue weighted by Crippen LogP contribution is -2.78. The van der Waals surface area contributed by atoms with Crippen LogP contribution in [0.4, 0.5) is 4.79 Å². The minimum atomic E-state index is -4.80. The van der Waals surface area contributed by atoms with Gasteiger partial charge in [0.25, 0.3) is 5.91 Å². The second-order valence-corrected chi connectivity index (χ2v) is 7.53. The summed E-state index contributed by atoms with van der Waals surface area (Å²) in [4.78, 5) is 23.9. The standard InChI is InChI=1S/C12H20N2O7S/c1-11(2,3)20-10(16)13-8-9(15)14(21-22(17,18)19)12(8)6-4-5-7-12/h8H,4-7H2,1-3H3,(H,13,16)(H,17,18,19). The van der Waals surface area contributed by atoms with Crippen molar-refractivity contribution in [1.82, 2.24) is 10.4 Å². The summed E-state index contributed by atoms with van der Waals surface area (Å²) in [7, 11) is -4.80. The maximum absolute atomic E-state index is 12.1. The summed E-state index contributed by atoms with van der Waals surface area (Å²) in [5, 5.41) is 3.11. The fourth-order valence-corrected chi connectivity index (χ4v) is 3.33. The van der Waals surface area contributed by atoms with E-state index in [4.69, 9.17) is 9.29 Å². The van der Waals surface area contributed by atoms with Crippen molar-refractivity contribution in [1.29, 1.82) is 0 Å². The molecule has 2 fully saturated rings. The first-order chi connectivity index (χ1) is 9.95. The van der Waals surface area contributed by atoms with E-state index in [9.17, 15) is 18.0 Å². The van der Waals surface area contributed by atoms with Gasteiger partial charge < -0.3 is 10.1 Å². The Labute approximate surface area is 128 Å². The lowest BCUT2D eigenvalue weighted by molar-refractivity contribution is -0.224. The van der Waals surface area contributed by atoms with Gasteiger partial charge in [0.2, 0.25) is 0 Å². The van der Waals surface area contributed by atoms with Crippen LogP contribution in [0.25, 0.3) is 0 Å². The molecule has 1 heterocycles. The molecule has 2 aliphatic rings. The van der Waals surface area contributed by atoms with Gasteiger partial charge in [0.1, 0.15) is 17.2 Å². The van der Waals surface area contributed by atoms with Crippen molar-refractivity contribution in [2.75, 3.05) is 0 Å². The van der Waals surface area contributed by atoms with Gasteiger partial charge in [-0.2, -0.15) is 13.5 Å². The number of hydroxylamine groups is 2. The summed E-state index contributed by atoms with van der Waals surface area (Å²) in [6, 6.07) is -0.924. The predicted octanol–water partition coefficient (Wildman–Crippen LogP) is 0.769. The highest BCUT2D eigenvalue weighted by Gasteiger charge is 2.64. The third-order valence-electron chi connectivity index (χ3n) is 3.69. The molecule has 2 rings (SSSR count). The predicted molar refractivity (Wildman–Crippen MR) is 73.8 cm³/mol. The average molecular weight is 336 g/mol. The summed E-state index contributed by atoms with van der Waals surface area (Å²) >= 11 is 0. The number of alkyl carbamates (subject to hydrolysis) is 1. The van der Waals surface area contributed by atoms with Crippen LogP contribution in [-0.2, 0) is 24.2 Å². The number of rotatable bonds is 3. The van der Waals surface area contributed by atoms with Gasteiger partial charge in [-0.3, -0.25) is 9.35 Å².